The lowest BCUT2D eigenvalue weighted by atomic mass is 9.98. The van der Waals surface area contributed by atoms with Crippen molar-refractivity contribution in [2.45, 2.75) is 19.9 Å². The Morgan fingerprint density at radius 3 is 2.84 bits per heavy atom. The molecule has 0 atom stereocenters. The van der Waals surface area contributed by atoms with Crippen molar-refractivity contribution in [1.29, 1.82) is 5.26 Å². The van der Waals surface area contributed by atoms with Crippen LogP contribution in [0.5, 0.6) is 5.75 Å². The monoisotopic (exact) mass is 612 g/mol. The van der Waals surface area contributed by atoms with E-state index in [0.717, 1.165) is 30.6 Å². The Balaban J connectivity index is 1.33. The molecule has 5 aromatic rings. The van der Waals surface area contributed by atoms with E-state index < -0.39 is 5.97 Å². The molecule has 0 bridgehead atoms. The van der Waals surface area contributed by atoms with Gasteiger partial charge in [0.2, 0.25) is 0 Å². The predicted octanol–water partition coefficient (Wildman–Crippen LogP) is 5.40. The molecule has 0 saturated carbocycles. The largest absolute Gasteiger partial charge is 0.491 e. The van der Waals surface area contributed by atoms with Crippen molar-refractivity contribution in [3.8, 4) is 22.9 Å². The second-order valence-corrected chi connectivity index (χ2v) is 11.5. The maximum Gasteiger partial charge on any atom is 0.338 e. The second kappa shape index (κ2) is 11.6. The highest BCUT2D eigenvalue weighted by Gasteiger charge is 2.21. The van der Waals surface area contributed by atoms with Crippen LogP contribution in [0.4, 0.5) is 0 Å². The summed E-state index contributed by atoms with van der Waals surface area (Å²) in [5, 5.41) is 22.0. The lowest BCUT2D eigenvalue weighted by Gasteiger charge is -2.22. The third-order valence-corrected chi connectivity index (χ3v) is 8.75. The molecule has 0 unspecified atom stereocenters. The van der Waals surface area contributed by atoms with E-state index in [1.54, 1.807) is 49.0 Å². The van der Waals surface area contributed by atoms with Gasteiger partial charge in [-0.2, -0.15) is 5.26 Å². The Kier molecular flexibility index (Phi) is 7.66. The van der Waals surface area contributed by atoms with Crippen LogP contribution in [0.15, 0.2) is 52.9 Å². The van der Waals surface area contributed by atoms with Crippen LogP contribution < -0.4 is 10.3 Å². The predicted molar refractivity (Wildman–Crippen MR) is 166 cm³/mol. The number of carboxylic acid groups (broad SMARTS) is 1. The fourth-order valence-electron chi connectivity index (χ4n) is 5.30. The number of hydrogen-bond donors (Lipinski definition) is 1. The van der Waals surface area contributed by atoms with Crippen molar-refractivity contribution in [2.75, 3.05) is 26.7 Å². The summed E-state index contributed by atoms with van der Waals surface area (Å²) in [6.45, 7) is 3.63. The number of aryl methyl sites for hydroxylation is 1. The molecule has 216 valence electrons. The highest BCUT2D eigenvalue weighted by Crippen LogP contribution is 2.39. The summed E-state index contributed by atoms with van der Waals surface area (Å²) >= 11 is 7.64. The average molecular weight is 613 g/mol. The summed E-state index contributed by atoms with van der Waals surface area (Å²) < 4.78 is 8.40. The van der Waals surface area contributed by atoms with Crippen LogP contribution >= 0.6 is 22.9 Å². The number of carbonyl (C=O) groups is 1. The first kappa shape index (κ1) is 28.5. The summed E-state index contributed by atoms with van der Waals surface area (Å²) in [5.74, 6) is -0.0566. The van der Waals surface area contributed by atoms with Gasteiger partial charge in [-0.05, 0) is 50.2 Å². The minimum absolute atomic E-state index is 0.124. The normalized spacial score (nSPS) is 13.7. The molecule has 0 saturated heterocycles. The van der Waals surface area contributed by atoms with E-state index in [1.165, 1.54) is 15.9 Å². The second-order valence-electron chi connectivity index (χ2n) is 10.2. The van der Waals surface area contributed by atoms with Gasteiger partial charge in [0.1, 0.15) is 24.3 Å². The van der Waals surface area contributed by atoms with E-state index in [2.05, 4.69) is 25.9 Å². The molecule has 0 spiro atoms. The molecule has 1 aliphatic rings. The van der Waals surface area contributed by atoms with Crippen LogP contribution in [0, 0.1) is 18.3 Å². The third kappa shape index (κ3) is 5.25. The number of carboxylic acids is 1. The summed E-state index contributed by atoms with van der Waals surface area (Å²) in [7, 11) is 2.03. The van der Waals surface area contributed by atoms with Crippen LogP contribution in [0.1, 0.15) is 33.9 Å². The average Bonchev–Trinajstić information content (AvgIpc) is 3.44. The summed E-state index contributed by atoms with van der Waals surface area (Å²) in [5.41, 5.74) is 3.71. The lowest BCUT2D eigenvalue weighted by Crippen LogP contribution is -2.28. The zero-order valence-corrected chi connectivity index (χ0v) is 24.9. The minimum Gasteiger partial charge on any atom is -0.491 e. The maximum atomic E-state index is 13.8. The summed E-state index contributed by atoms with van der Waals surface area (Å²) in [6.07, 6.45) is 5.91. The number of likely N-dealkylation sites (N-methyl/N-ethyl adjacent to an activating group) is 1. The number of nitriles is 1. The zero-order chi connectivity index (χ0) is 30.2. The van der Waals surface area contributed by atoms with Gasteiger partial charge in [0.15, 0.2) is 0 Å². The molecule has 1 aliphatic heterocycles. The molecule has 4 aromatic heterocycles. The Hall–Kier alpha value is -4.63. The molecule has 6 rings (SSSR count). The molecule has 0 radical (unpaired) electrons. The third-order valence-electron chi connectivity index (χ3n) is 7.51. The molecule has 1 aromatic carbocycles. The van der Waals surface area contributed by atoms with Crippen molar-refractivity contribution < 1.29 is 14.6 Å². The quantitative estimate of drug-likeness (QED) is 0.256. The Morgan fingerprint density at radius 1 is 1.26 bits per heavy atom. The van der Waals surface area contributed by atoms with Gasteiger partial charge in [-0.15, -0.1) is 11.3 Å². The number of hydrogen-bond acceptors (Lipinski definition) is 9. The van der Waals surface area contributed by atoms with E-state index in [1.807, 2.05) is 13.1 Å². The van der Waals surface area contributed by atoms with Gasteiger partial charge in [-0.3, -0.25) is 19.3 Å². The van der Waals surface area contributed by atoms with Gasteiger partial charge in [0.25, 0.3) is 5.56 Å². The van der Waals surface area contributed by atoms with Gasteiger partial charge in [-0.1, -0.05) is 17.7 Å². The van der Waals surface area contributed by atoms with Gasteiger partial charge in [-0.25, -0.2) is 9.78 Å². The van der Waals surface area contributed by atoms with E-state index in [9.17, 15) is 20.0 Å². The number of ether oxygens (including phenoxy) is 1. The first-order valence-electron chi connectivity index (χ1n) is 13.5. The number of pyridine rings is 2. The molecule has 10 nitrogen and oxygen atoms in total. The first-order valence-corrected chi connectivity index (χ1v) is 14.7. The highest BCUT2D eigenvalue weighted by molar-refractivity contribution is 7.18. The first-order chi connectivity index (χ1) is 20.8. The molecule has 0 aliphatic carbocycles. The van der Waals surface area contributed by atoms with Crippen molar-refractivity contribution in [3.63, 3.8) is 0 Å². The van der Waals surface area contributed by atoms with Crippen molar-refractivity contribution in [2.24, 2.45) is 0 Å². The van der Waals surface area contributed by atoms with Gasteiger partial charge in [0, 0.05) is 40.8 Å². The fraction of sp³-hybridized carbons (Fsp3) is 0.226. The Bertz CT molecular complexity index is 2060. The number of benzene rings is 1. The Morgan fingerprint density at radius 2 is 2.09 bits per heavy atom. The van der Waals surface area contributed by atoms with Crippen molar-refractivity contribution >= 4 is 55.6 Å². The maximum absolute atomic E-state index is 13.8. The topological polar surface area (TPSA) is 134 Å². The lowest BCUT2D eigenvalue weighted by molar-refractivity contribution is 0.0699. The minimum atomic E-state index is -1.05. The van der Waals surface area contributed by atoms with Gasteiger partial charge >= 0.3 is 5.97 Å². The summed E-state index contributed by atoms with van der Waals surface area (Å²) in [4.78, 5) is 41.0. The van der Waals surface area contributed by atoms with Crippen molar-refractivity contribution in [3.05, 3.63) is 86.1 Å². The molecule has 0 amide bonds. The Labute approximate surface area is 255 Å². The number of fused-ring (bicyclic) bond motifs is 2. The van der Waals surface area contributed by atoms with Gasteiger partial charge in [0.05, 0.1) is 50.7 Å². The fourth-order valence-corrected chi connectivity index (χ4v) is 6.50. The van der Waals surface area contributed by atoms with E-state index in [0.29, 0.717) is 43.6 Å². The van der Waals surface area contributed by atoms with Crippen LogP contribution in [0.3, 0.4) is 0 Å². The number of thiophene rings is 1. The number of halogens is 1. The number of aromatic nitrogens is 4. The van der Waals surface area contributed by atoms with E-state index in [4.69, 9.17) is 16.3 Å². The summed E-state index contributed by atoms with van der Waals surface area (Å²) in [6, 6.07) is 9.21. The van der Waals surface area contributed by atoms with Crippen LogP contribution in [0.25, 0.3) is 37.8 Å². The molecule has 1 N–H and O–H groups in total. The molecule has 0 fully saturated rings. The number of rotatable bonds is 7. The van der Waals surface area contributed by atoms with Crippen LogP contribution in [0.2, 0.25) is 5.02 Å². The number of nitrogens with zero attached hydrogens (tertiary/aromatic N) is 6. The molecule has 12 heteroatoms. The zero-order valence-electron chi connectivity index (χ0n) is 23.3. The van der Waals surface area contributed by atoms with E-state index >= 15 is 0 Å². The highest BCUT2D eigenvalue weighted by atomic mass is 35.5. The van der Waals surface area contributed by atoms with Gasteiger partial charge < -0.3 is 14.7 Å². The number of aromatic carboxylic acids is 1. The van der Waals surface area contributed by atoms with Crippen LogP contribution in [-0.4, -0.2) is 62.2 Å². The molecular formula is C31H25ClN6O4S. The van der Waals surface area contributed by atoms with Crippen LogP contribution in [-0.2, 0) is 6.54 Å². The standard InChI is InChI=1S/C31H25ClN6O4S/c1-17-36-24-15-35-27(18-6-9-37(2)10-7-18)22(14-33)26(24)30(39)38(17)11-12-42-25-4-3-19(32)13-21(25)20-5-8-34-28-23(31(40)41)16-43-29(20)28/h3-6,8,13,15-16H,7,9-12H2,1-2H3,(H,40,41). The van der Waals surface area contributed by atoms with E-state index in [-0.39, 0.29) is 35.2 Å². The smallest absolute Gasteiger partial charge is 0.338 e. The van der Waals surface area contributed by atoms with Crippen molar-refractivity contribution in [1.82, 2.24) is 24.4 Å². The molecule has 43 heavy (non-hydrogen) atoms. The molecular weight excluding hydrogens is 588 g/mol. The SMILES string of the molecule is Cc1nc2cnc(C3=CCN(C)CC3)c(C#N)c2c(=O)n1CCOc1ccc(Cl)cc1-c1ccnc2c(C(=O)O)csc12. The molecule has 5 heterocycles.